The highest BCUT2D eigenvalue weighted by atomic mass is 32.2. The minimum absolute atomic E-state index is 0.0320. The predicted molar refractivity (Wildman–Crippen MR) is 118 cm³/mol. The molecule has 0 bridgehead atoms. The molecule has 31 heavy (non-hydrogen) atoms. The monoisotopic (exact) mass is 433 g/mol. The Balaban J connectivity index is 1.83. The third kappa shape index (κ3) is 4.36. The summed E-state index contributed by atoms with van der Waals surface area (Å²) in [5, 5.41) is 0.906. The van der Waals surface area contributed by atoms with Gasteiger partial charge in [0, 0.05) is 36.4 Å². The van der Waals surface area contributed by atoms with Crippen LogP contribution in [0.15, 0.2) is 78.2 Å². The van der Waals surface area contributed by atoms with Crippen molar-refractivity contribution in [2.75, 3.05) is 16.9 Å². The molecule has 0 saturated heterocycles. The predicted octanol–water partition coefficient (Wildman–Crippen LogP) is 2.86. The Morgan fingerprint density at radius 3 is 2.55 bits per heavy atom. The van der Waals surface area contributed by atoms with Crippen molar-refractivity contribution in [3.8, 4) is 0 Å². The van der Waals surface area contributed by atoms with Gasteiger partial charge in [0.05, 0.1) is 23.3 Å². The molecule has 0 aliphatic heterocycles. The largest absolute Gasteiger partial charge is 0.384 e. The lowest BCUT2D eigenvalue weighted by atomic mass is 10.1. The molecular formula is C22H19N5O3S. The van der Waals surface area contributed by atoms with Crippen LogP contribution in [0.5, 0.6) is 0 Å². The van der Waals surface area contributed by atoms with Gasteiger partial charge in [0.25, 0.3) is 5.91 Å². The Kier molecular flexibility index (Phi) is 5.35. The zero-order chi connectivity index (χ0) is 22.0. The summed E-state index contributed by atoms with van der Waals surface area (Å²) in [5.74, 6) is 0.00581. The van der Waals surface area contributed by atoms with Crippen LogP contribution in [0, 0.1) is 0 Å². The zero-order valence-electron chi connectivity index (χ0n) is 16.6. The summed E-state index contributed by atoms with van der Waals surface area (Å²) in [7, 11) is -3.63. The lowest BCUT2D eigenvalue weighted by Crippen LogP contribution is -2.31. The molecular weight excluding hydrogens is 414 g/mol. The molecule has 4 rings (SSSR count). The number of rotatable bonds is 5. The number of carbonyl (C=O) groups is 1. The summed E-state index contributed by atoms with van der Waals surface area (Å²) >= 11 is 0. The van der Waals surface area contributed by atoms with Gasteiger partial charge in [-0.25, -0.2) is 13.4 Å². The summed E-state index contributed by atoms with van der Waals surface area (Å²) in [6, 6.07) is 14.0. The zero-order valence-corrected chi connectivity index (χ0v) is 17.5. The Morgan fingerprint density at radius 1 is 1.03 bits per heavy atom. The number of hydrogen-bond donors (Lipinski definition) is 1. The minimum atomic E-state index is -3.63. The average Bonchev–Trinajstić information content (AvgIpc) is 2.77. The van der Waals surface area contributed by atoms with Gasteiger partial charge in [-0.05, 0) is 42.0 Å². The number of nitrogens with two attached hydrogens (primary N) is 1. The first kappa shape index (κ1) is 20.4. The standard InChI is InChI=1S/C22H19N5O3S/c1-31(29,30)20-13-25-10-8-19(20)27(22(28)17-3-2-9-24-12-17)14-15-4-5-16-6-7-21(23)26-18(16)11-15/h2-13H,14H2,1H3,(H2,23,26). The van der Waals surface area contributed by atoms with E-state index in [2.05, 4.69) is 15.0 Å². The number of aromatic nitrogens is 3. The van der Waals surface area contributed by atoms with E-state index in [0.29, 0.717) is 16.9 Å². The molecule has 0 spiro atoms. The second-order valence-electron chi connectivity index (χ2n) is 7.01. The minimum Gasteiger partial charge on any atom is -0.384 e. The van der Waals surface area contributed by atoms with Gasteiger partial charge in [-0.1, -0.05) is 12.1 Å². The van der Waals surface area contributed by atoms with Crippen LogP contribution in [-0.2, 0) is 16.4 Å². The third-order valence-electron chi connectivity index (χ3n) is 4.73. The average molecular weight is 433 g/mol. The van der Waals surface area contributed by atoms with Gasteiger partial charge in [-0.3, -0.25) is 14.8 Å². The van der Waals surface area contributed by atoms with Gasteiger partial charge in [-0.15, -0.1) is 0 Å². The maximum Gasteiger partial charge on any atom is 0.260 e. The quantitative estimate of drug-likeness (QED) is 0.514. The van der Waals surface area contributed by atoms with E-state index in [1.807, 2.05) is 24.3 Å². The fraction of sp³-hybridized carbons (Fsp3) is 0.0909. The number of fused-ring (bicyclic) bond motifs is 1. The van der Waals surface area contributed by atoms with E-state index in [1.54, 1.807) is 24.4 Å². The van der Waals surface area contributed by atoms with Crippen molar-refractivity contribution in [2.45, 2.75) is 11.4 Å². The van der Waals surface area contributed by atoms with Gasteiger partial charge in [0.2, 0.25) is 0 Å². The number of carbonyl (C=O) groups excluding carboxylic acids is 1. The topological polar surface area (TPSA) is 119 Å². The van der Waals surface area contributed by atoms with Crippen LogP contribution in [0.1, 0.15) is 15.9 Å². The number of benzene rings is 1. The molecule has 0 radical (unpaired) electrons. The molecule has 0 atom stereocenters. The molecule has 0 fully saturated rings. The molecule has 156 valence electrons. The normalized spacial score (nSPS) is 11.4. The number of pyridine rings is 3. The molecule has 2 N–H and O–H groups in total. The van der Waals surface area contributed by atoms with Crippen molar-refractivity contribution in [1.82, 2.24) is 15.0 Å². The molecule has 0 unspecified atom stereocenters. The van der Waals surface area contributed by atoms with E-state index in [4.69, 9.17) is 5.73 Å². The number of sulfone groups is 1. The number of nitrogens with zero attached hydrogens (tertiary/aromatic N) is 4. The van der Waals surface area contributed by atoms with Crippen LogP contribution in [0.4, 0.5) is 11.5 Å². The lowest BCUT2D eigenvalue weighted by molar-refractivity contribution is 0.0984. The van der Waals surface area contributed by atoms with Crippen molar-refractivity contribution in [2.24, 2.45) is 0 Å². The molecule has 3 heterocycles. The second kappa shape index (κ2) is 8.11. The van der Waals surface area contributed by atoms with Crippen LogP contribution in [-0.4, -0.2) is 35.5 Å². The fourth-order valence-electron chi connectivity index (χ4n) is 3.25. The van der Waals surface area contributed by atoms with Crippen molar-refractivity contribution < 1.29 is 13.2 Å². The first-order chi connectivity index (χ1) is 14.8. The summed E-state index contributed by atoms with van der Waals surface area (Å²) in [4.78, 5) is 27.0. The van der Waals surface area contributed by atoms with Crippen LogP contribution in [0.2, 0.25) is 0 Å². The smallest absolute Gasteiger partial charge is 0.260 e. The van der Waals surface area contributed by atoms with Gasteiger partial charge < -0.3 is 10.6 Å². The Labute approximate surface area is 179 Å². The Bertz CT molecular complexity index is 1370. The summed E-state index contributed by atoms with van der Waals surface area (Å²) in [5.41, 5.74) is 7.83. The van der Waals surface area contributed by atoms with Crippen molar-refractivity contribution in [3.63, 3.8) is 0 Å². The summed E-state index contributed by atoms with van der Waals surface area (Å²) < 4.78 is 24.7. The second-order valence-corrected chi connectivity index (χ2v) is 9.00. The van der Waals surface area contributed by atoms with Gasteiger partial charge >= 0.3 is 0 Å². The van der Waals surface area contributed by atoms with E-state index in [0.717, 1.165) is 17.2 Å². The fourth-order valence-corrected chi connectivity index (χ4v) is 4.06. The van der Waals surface area contributed by atoms with Crippen LogP contribution >= 0.6 is 0 Å². The first-order valence-electron chi connectivity index (χ1n) is 9.34. The van der Waals surface area contributed by atoms with E-state index >= 15 is 0 Å². The highest BCUT2D eigenvalue weighted by Crippen LogP contribution is 2.28. The molecule has 3 aromatic heterocycles. The van der Waals surface area contributed by atoms with Crippen molar-refractivity contribution in [3.05, 3.63) is 84.4 Å². The van der Waals surface area contributed by atoms with E-state index in [-0.39, 0.29) is 23.0 Å². The molecule has 0 aliphatic carbocycles. The Hall–Kier alpha value is -3.85. The van der Waals surface area contributed by atoms with Crippen LogP contribution < -0.4 is 10.6 Å². The SMILES string of the molecule is CS(=O)(=O)c1cnccc1N(Cc1ccc2ccc(N)nc2c1)C(=O)c1cccnc1. The number of anilines is 2. The van der Waals surface area contributed by atoms with Crippen LogP contribution in [0.25, 0.3) is 10.9 Å². The number of nitrogen functional groups attached to an aromatic ring is 1. The third-order valence-corrected chi connectivity index (χ3v) is 5.84. The lowest BCUT2D eigenvalue weighted by Gasteiger charge is -2.25. The molecule has 9 heteroatoms. The summed E-state index contributed by atoms with van der Waals surface area (Å²) in [6.45, 7) is 0.118. The van der Waals surface area contributed by atoms with Crippen LogP contribution in [0.3, 0.4) is 0 Å². The first-order valence-corrected chi connectivity index (χ1v) is 11.2. The molecule has 0 saturated carbocycles. The molecule has 1 amide bonds. The number of amides is 1. The highest BCUT2D eigenvalue weighted by molar-refractivity contribution is 7.90. The molecule has 0 aliphatic rings. The van der Waals surface area contributed by atoms with E-state index in [1.165, 1.54) is 29.6 Å². The molecule has 1 aromatic carbocycles. The molecule has 4 aromatic rings. The van der Waals surface area contributed by atoms with Crippen molar-refractivity contribution >= 4 is 38.2 Å². The van der Waals surface area contributed by atoms with Crippen molar-refractivity contribution in [1.29, 1.82) is 0 Å². The highest BCUT2D eigenvalue weighted by Gasteiger charge is 2.25. The maximum atomic E-state index is 13.4. The van der Waals surface area contributed by atoms with E-state index < -0.39 is 9.84 Å². The summed E-state index contributed by atoms with van der Waals surface area (Å²) in [6.07, 6.45) is 6.80. The van der Waals surface area contributed by atoms with E-state index in [9.17, 15) is 13.2 Å². The van der Waals surface area contributed by atoms with Gasteiger partial charge in [0.1, 0.15) is 10.7 Å². The van der Waals surface area contributed by atoms with Gasteiger partial charge in [0.15, 0.2) is 9.84 Å². The number of hydrogen-bond acceptors (Lipinski definition) is 7. The molecule has 8 nitrogen and oxygen atoms in total. The Morgan fingerprint density at radius 2 is 1.81 bits per heavy atom. The van der Waals surface area contributed by atoms with Gasteiger partial charge in [-0.2, -0.15) is 0 Å². The maximum absolute atomic E-state index is 13.4.